The van der Waals surface area contributed by atoms with Gasteiger partial charge in [0.2, 0.25) is 0 Å². The Bertz CT molecular complexity index is 1140. The van der Waals surface area contributed by atoms with Crippen LogP contribution >= 0.6 is 0 Å². The highest BCUT2D eigenvalue weighted by molar-refractivity contribution is 5.84. The van der Waals surface area contributed by atoms with Gasteiger partial charge in [0.1, 0.15) is 6.61 Å². The first-order valence-electron chi connectivity index (χ1n) is 10.8. The number of carbonyl (C=O) groups is 2. The molecule has 5 rings (SSSR count). The van der Waals surface area contributed by atoms with Gasteiger partial charge in [-0.2, -0.15) is 5.10 Å². The van der Waals surface area contributed by atoms with Crippen LogP contribution in [-0.2, 0) is 16.1 Å². The van der Waals surface area contributed by atoms with E-state index in [2.05, 4.69) is 22.5 Å². The van der Waals surface area contributed by atoms with Crippen molar-refractivity contribution in [2.24, 2.45) is 0 Å². The van der Waals surface area contributed by atoms with Crippen molar-refractivity contribution in [1.82, 2.24) is 15.1 Å². The standard InChI is InChI=1S/C25H25N3O4/c1-25(23(29)30,15-28-13-17(12-26-28)16-10-11-16)27-24(31)32-14-22-20-8-4-2-6-18(20)19-7-3-5-9-21(19)22/h2-9,12-13,16,22H,10-11,14-15H2,1H3,(H,27,31)(H,29,30). The zero-order valence-electron chi connectivity index (χ0n) is 17.8. The van der Waals surface area contributed by atoms with Gasteiger partial charge in [0.05, 0.1) is 12.7 Å². The van der Waals surface area contributed by atoms with Gasteiger partial charge in [-0.05, 0) is 53.5 Å². The van der Waals surface area contributed by atoms with Crippen molar-refractivity contribution >= 4 is 12.1 Å². The Morgan fingerprint density at radius 1 is 1.12 bits per heavy atom. The molecule has 1 saturated carbocycles. The van der Waals surface area contributed by atoms with Gasteiger partial charge < -0.3 is 15.2 Å². The second-order valence-corrected chi connectivity index (χ2v) is 8.83. The summed E-state index contributed by atoms with van der Waals surface area (Å²) < 4.78 is 7.11. The van der Waals surface area contributed by atoms with E-state index in [1.807, 2.05) is 42.6 Å². The van der Waals surface area contributed by atoms with Crippen LogP contribution in [0.5, 0.6) is 0 Å². The molecule has 1 heterocycles. The predicted molar refractivity (Wildman–Crippen MR) is 118 cm³/mol. The SMILES string of the molecule is CC(Cn1cc(C2CC2)cn1)(NC(=O)OCC1c2ccccc2-c2ccccc21)C(=O)O. The van der Waals surface area contributed by atoms with Crippen molar-refractivity contribution in [3.05, 3.63) is 77.6 Å². The number of amides is 1. The smallest absolute Gasteiger partial charge is 0.408 e. The molecule has 0 radical (unpaired) electrons. The molecule has 1 unspecified atom stereocenters. The third-order valence-electron chi connectivity index (χ3n) is 6.37. The third-order valence-corrected chi connectivity index (χ3v) is 6.37. The molecule has 7 heteroatoms. The Kier molecular flexibility index (Phi) is 4.96. The number of hydrogen-bond acceptors (Lipinski definition) is 4. The van der Waals surface area contributed by atoms with Gasteiger partial charge in [-0.3, -0.25) is 4.68 Å². The highest BCUT2D eigenvalue weighted by Crippen LogP contribution is 2.44. The summed E-state index contributed by atoms with van der Waals surface area (Å²) in [6.45, 7) is 1.61. The van der Waals surface area contributed by atoms with Crippen molar-refractivity contribution in [2.75, 3.05) is 6.61 Å². The van der Waals surface area contributed by atoms with E-state index in [0.29, 0.717) is 5.92 Å². The number of aliphatic carboxylic acids is 1. The van der Waals surface area contributed by atoms with Crippen LogP contribution in [0.1, 0.15) is 48.3 Å². The highest BCUT2D eigenvalue weighted by Gasteiger charge is 2.37. The predicted octanol–water partition coefficient (Wildman–Crippen LogP) is 4.14. The molecule has 1 fully saturated rings. The van der Waals surface area contributed by atoms with Crippen LogP contribution < -0.4 is 5.32 Å². The summed E-state index contributed by atoms with van der Waals surface area (Å²) in [4.78, 5) is 24.6. The third kappa shape index (κ3) is 3.75. The number of nitrogens with zero attached hydrogens (tertiary/aromatic N) is 2. The van der Waals surface area contributed by atoms with Crippen molar-refractivity contribution in [3.8, 4) is 11.1 Å². The van der Waals surface area contributed by atoms with Crippen molar-refractivity contribution in [3.63, 3.8) is 0 Å². The number of nitrogens with one attached hydrogen (secondary N) is 1. The lowest BCUT2D eigenvalue weighted by Gasteiger charge is -2.26. The Morgan fingerprint density at radius 3 is 2.34 bits per heavy atom. The molecule has 0 saturated heterocycles. The Morgan fingerprint density at radius 2 is 1.75 bits per heavy atom. The van der Waals surface area contributed by atoms with Gasteiger partial charge >= 0.3 is 12.1 Å². The molecule has 2 aromatic carbocycles. The van der Waals surface area contributed by atoms with Crippen molar-refractivity contribution < 1.29 is 19.4 Å². The van der Waals surface area contributed by atoms with Gasteiger partial charge in [-0.1, -0.05) is 48.5 Å². The molecule has 0 aliphatic heterocycles. The molecular weight excluding hydrogens is 406 g/mol. The molecule has 2 aliphatic carbocycles. The quantitative estimate of drug-likeness (QED) is 0.586. The second-order valence-electron chi connectivity index (χ2n) is 8.83. The number of aromatic nitrogens is 2. The first kappa shape index (κ1) is 20.3. The van der Waals surface area contributed by atoms with Gasteiger partial charge in [-0.15, -0.1) is 0 Å². The maximum absolute atomic E-state index is 12.6. The molecular formula is C25H25N3O4. The number of fused-ring (bicyclic) bond motifs is 3. The van der Waals surface area contributed by atoms with Crippen molar-refractivity contribution in [2.45, 2.75) is 43.7 Å². The summed E-state index contributed by atoms with van der Waals surface area (Å²) in [5.41, 5.74) is 4.04. The molecule has 7 nitrogen and oxygen atoms in total. The molecule has 2 N–H and O–H groups in total. The van der Waals surface area contributed by atoms with Gasteiger partial charge in [0.25, 0.3) is 0 Å². The lowest BCUT2D eigenvalue weighted by Crippen LogP contribution is -2.55. The molecule has 0 bridgehead atoms. The topological polar surface area (TPSA) is 93.5 Å². The summed E-state index contributed by atoms with van der Waals surface area (Å²) in [5.74, 6) is -0.708. The van der Waals surface area contributed by atoms with Crippen LogP contribution in [0.25, 0.3) is 11.1 Å². The second kappa shape index (κ2) is 7.82. The fourth-order valence-corrected chi connectivity index (χ4v) is 4.44. The Hall–Kier alpha value is -3.61. The monoisotopic (exact) mass is 431 g/mol. The minimum atomic E-state index is -1.55. The average molecular weight is 431 g/mol. The Labute approximate surface area is 186 Å². The minimum absolute atomic E-state index is 0.0131. The summed E-state index contributed by atoms with van der Waals surface area (Å²) >= 11 is 0. The summed E-state index contributed by atoms with van der Waals surface area (Å²) in [7, 11) is 0. The van der Waals surface area contributed by atoms with E-state index in [9.17, 15) is 14.7 Å². The fourth-order valence-electron chi connectivity index (χ4n) is 4.44. The highest BCUT2D eigenvalue weighted by atomic mass is 16.5. The van der Waals surface area contributed by atoms with Crippen LogP contribution in [0.3, 0.4) is 0 Å². The number of rotatable bonds is 7. The summed E-state index contributed by atoms with van der Waals surface area (Å²) in [5, 5.41) is 16.6. The van der Waals surface area contributed by atoms with E-state index in [4.69, 9.17) is 4.74 Å². The molecule has 32 heavy (non-hydrogen) atoms. The lowest BCUT2D eigenvalue weighted by molar-refractivity contribution is -0.144. The van der Waals surface area contributed by atoms with E-state index in [-0.39, 0.29) is 19.1 Å². The van der Waals surface area contributed by atoms with Gasteiger partial charge in [0.15, 0.2) is 5.54 Å². The van der Waals surface area contributed by atoms with Crippen LogP contribution in [0.2, 0.25) is 0 Å². The van der Waals surface area contributed by atoms with E-state index >= 15 is 0 Å². The van der Waals surface area contributed by atoms with E-state index in [1.165, 1.54) is 6.92 Å². The van der Waals surface area contributed by atoms with Gasteiger partial charge in [-0.25, -0.2) is 9.59 Å². The first-order valence-corrected chi connectivity index (χ1v) is 10.8. The molecule has 1 amide bonds. The maximum atomic E-state index is 12.6. The largest absolute Gasteiger partial charge is 0.479 e. The Balaban J connectivity index is 1.27. The molecule has 3 aromatic rings. The first-order chi connectivity index (χ1) is 15.4. The maximum Gasteiger partial charge on any atom is 0.408 e. The number of carbonyl (C=O) groups excluding carboxylic acids is 1. The number of benzene rings is 2. The number of alkyl carbamates (subject to hydrolysis) is 1. The van der Waals surface area contributed by atoms with Crippen LogP contribution in [0.15, 0.2) is 60.9 Å². The zero-order valence-corrected chi connectivity index (χ0v) is 17.8. The van der Waals surface area contributed by atoms with Crippen molar-refractivity contribution in [1.29, 1.82) is 0 Å². The molecule has 1 atom stereocenters. The van der Waals surface area contributed by atoms with E-state index in [0.717, 1.165) is 40.7 Å². The molecule has 2 aliphatic rings. The van der Waals surface area contributed by atoms with E-state index < -0.39 is 17.6 Å². The number of carboxylic acids is 1. The normalized spacial score (nSPS) is 16.7. The fraction of sp³-hybridized carbons (Fsp3) is 0.320. The number of ether oxygens (including phenoxy) is 1. The van der Waals surface area contributed by atoms with E-state index in [1.54, 1.807) is 10.9 Å². The van der Waals surface area contributed by atoms with Gasteiger partial charge in [0, 0.05) is 12.1 Å². The molecule has 0 spiro atoms. The van der Waals surface area contributed by atoms with Crippen LogP contribution in [0, 0.1) is 0 Å². The average Bonchev–Trinajstić information content (AvgIpc) is 3.45. The lowest BCUT2D eigenvalue weighted by atomic mass is 9.98. The van der Waals surface area contributed by atoms with Crippen LogP contribution in [0.4, 0.5) is 4.79 Å². The summed E-state index contributed by atoms with van der Waals surface area (Å²) in [6, 6.07) is 16.1. The summed E-state index contributed by atoms with van der Waals surface area (Å²) in [6.07, 6.45) is 5.15. The molecule has 164 valence electrons. The molecule has 1 aromatic heterocycles. The number of hydrogen-bond donors (Lipinski definition) is 2. The zero-order chi connectivity index (χ0) is 22.3. The minimum Gasteiger partial charge on any atom is -0.479 e. The van der Waals surface area contributed by atoms with Crippen LogP contribution in [-0.4, -0.2) is 39.1 Å². The number of carboxylic acid groups (broad SMARTS) is 1.